The monoisotopic (exact) mass is 609 g/mol. The molecule has 0 aromatic heterocycles. The summed E-state index contributed by atoms with van der Waals surface area (Å²) in [4.78, 5) is 47.2. The van der Waals surface area contributed by atoms with Gasteiger partial charge in [-0.3, -0.25) is 14.4 Å². The van der Waals surface area contributed by atoms with E-state index in [4.69, 9.17) is 28.0 Å². The number of carbonyl (C=O) groups excluding carboxylic acids is 3. The van der Waals surface area contributed by atoms with Gasteiger partial charge >= 0.3 is 0 Å². The first-order valence-electron chi connectivity index (χ1n) is 14.0. The molecule has 4 atom stereocenters. The molecule has 0 saturated heterocycles. The largest absolute Gasteiger partial charge is 0.391 e. The summed E-state index contributed by atoms with van der Waals surface area (Å²) >= 11 is 13.0. The summed E-state index contributed by atoms with van der Waals surface area (Å²) in [6.07, 6.45) is 2.96. The Labute approximate surface area is 254 Å². The summed E-state index contributed by atoms with van der Waals surface area (Å²) < 4.78 is 0. The Morgan fingerprint density at radius 2 is 1.88 bits per heavy atom. The lowest BCUT2D eigenvalue weighted by atomic mass is 9.66. The van der Waals surface area contributed by atoms with Crippen molar-refractivity contribution in [3.05, 3.63) is 105 Å². The molecule has 220 valence electrons. The number of nitrogens with one attached hydrogen (secondary N) is 2. The third-order valence-corrected chi connectivity index (χ3v) is 8.86. The quantitative estimate of drug-likeness (QED) is 0.179. The second kappa shape index (κ2) is 12.9. The Hall–Kier alpha value is -3.27. The summed E-state index contributed by atoms with van der Waals surface area (Å²) in [5, 5.41) is 14.5. The zero-order valence-corrected chi connectivity index (χ0v) is 24.7. The maximum Gasteiger partial charge on any atom is 0.255 e. The SMILES string of the molecule is CNC(=O)c1cccc(CONCC2(C=O)c3ccccc3C(=O)N([C@H]3CCCCC3O)[C@H]2c2ccc(Cl)cc2Cl)c1. The molecule has 0 radical (unpaired) electrons. The summed E-state index contributed by atoms with van der Waals surface area (Å²) in [6, 6.07) is 17.7. The van der Waals surface area contributed by atoms with E-state index in [0.29, 0.717) is 45.1 Å². The van der Waals surface area contributed by atoms with E-state index in [1.807, 2.05) is 6.07 Å². The van der Waals surface area contributed by atoms with Crippen molar-refractivity contribution in [1.82, 2.24) is 15.7 Å². The molecule has 10 heteroatoms. The number of halogens is 2. The lowest BCUT2D eigenvalue weighted by molar-refractivity contribution is -0.118. The Bertz CT molecular complexity index is 1480. The lowest BCUT2D eigenvalue weighted by Gasteiger charge is -2.52. The van der Waals surface area contributed by atoms with Crippen LogP contribution in [0.1, 0.15) is 69.1 Å². The number of nitrogens with zero attached hydrogens (tertiary/aromatic N) is 1. The average Bonchev–Trinajstić information content (AvgIpc) is 3.01. The Balaban J connectivity index is 1.55. The van der Waals surface area contributed by atoms with E-state index in [2.05, 4.69) is 10.8 Å². The van der Waals surface area contributed by atoms with Crippen molar-refractivity contribution in [1.29, 1.82) is 0 Å². The van der Waals surface area contributed by atoms with Crippen LogP contribution in [0.4, 0.5) is 0 Å². The molecule has 42 heavy (non-hydrogen) atoms. The number of aliphatic hydroxyl groups excluding tert-OH is 1. The molecular weight excluding hydrogens is 577 g/mol. The van der Waals surface area contributed by atoms with Gasteiger partial charge in [-0.25, -0.2) is 5.48 Å². The van der Waals surface area contributed by atoms with Crippen LogP contribution in [0, 0.1) is 0 Å². The van der Waals surface area contributed by atoms with E-state index in [0.717, 1.165) is 24.7 Å². The van der Waals surface area contributed by atoms with Gasteiger partial charge in [-0.05, 0) is 59.9 Å². The predicted molar refractivity (Wildman–Crippen MR) is 160 cm³/mol. The first-order chi connectivity index (χ1) is 20.3. The molecule has 0 spiro atoms. The van der Waals surface area contributed by atoms with Gasteiger partial charge in [0.15, 0.2) is 0 Å². The Morgan fingerprint density at radius 1 is 1.10 bits per heavy atom. The van der Waals surface area contributed by atoms with Gasteiger partial charge in [0.2, 0.25) is 0 Å². The van der Waals surface area contributed by atoms with Crippen molar-refractivity contribution >= 4 is 41.3 Å². The standard InChI is InChI=1S/C32H33Cl2N3O5/c1-35-30(40)21-8-6-7-20(15-21)17-42-36-18-32(19-38)25-10-3-2-9-23(25)31(41)37(27-11-4-5-12-28(27)39)29(32)24-14-13-22(33)16-26(24)34/h2-3,6-10,13-16,19,27-29,36,39H,4-5,11-12,17-18H2,1H3,(H,35,40)/t27-,28?,29-,32?/m0/s1. The second-order valence-corrected chi connectivity index (χ2v) is 11.6. The molecule has 1 heterocycles. The van der Waals surface area contributed by atoms with Crippen LogP contribution >= 0.6 is 23.2 Å². The van der Waals surface area contributed by atoms with Crippen molar-refractivity contribution in [2.75, 3.05) is 13.6 Å². The molecule has 3 aromatic carbocycles. The summed E-state index contributed by atoms with van der Waals surface area (Å²) in [5.41, 5.74) is 4.39. The molecule has 2 unspecified atom stereocenters. The molecule has 3 aromatic rings. The highest BCUT2D eigenvalue weighted by atomic mass is 35.5. The first kappa shape index (κ1) is 30.2. The maximum absolute atomic E-state index is 14.2. The third kappa shape index (κ3) is 5.70. The highest BCUT2D eigenvalue weighted by Crippen LogP contribution is 2.50. The molecule has 5 rings (SSSR count). The number of carbonyl (C=O) groups is 3. The van der Waals surface area contributed by atoms with Crippen LogP contribution in [0.3, 0.4) is 0 Å². The van der Waals surface area contributed by atoms with E-state index >= 15 is 0 Å². The van der Waals surface area contributed by atoms with Gasteiger partial charge in [-0.15, -0.1) is 0 Å². The number of aldehydes is 1. The molecule has 2 amide bonds. The maximum atomic E-state index is 14.2. The topological polar surface area (TPSA) is 108 Å². The summed E-state index contributed by atoms with van der Waals surface area (Å²) in [6.45, 7) is 0.122. The fourth-order valence-corrected chi connectivity index (χ4v) is 6.76. The van der Waals surface area contributed by atoms with Gasteiger partial charge < -0.3 is 20.1 Å². The number of hydroxylamine groups is 1. The van der Waals surface area contributed by atoms with E-state index in [-0.39, 0.29) is 25.0 Å². The van der Waals surface area contributed by atoms with Crippen LogP contribution in [0.15, 0.2) is 66.7 Å². The average molecular weight is 611 g/mol. The highest BCUT2D eigenvalue weighted by molar-refractivity contribution is 6.35. The Kier molecular flexibility index (Phi) is 9.30. The van der Waals surface area contributed by atoms with E-state index in [9.17, 15) is 19.5 Å². The van der Waals surface area contributed by atoms with Crippen LogP contribution in [0.25, 0.3) is 0 Å². The van der Waals surface area contributed by atoms with Crippen LogP contribution in [-0.4, -0.2) is 53.8 Å². The van der Waals surface area contributed by atoms with Crippen molar-refractivity contribution in [2.24, 2.45) is 0 Å². The summed E-state index contributed by atoms with van der Waals surface area (Å²) in [5.74, 6) is -0.474. The van der Waals surface area contributed by atoms with Gasteiger partial charge in [0.25, 0.3) is 11.8 Å². The molecule has 1 saturated carbocycles. The minimum Gasteiger partial charge on any atom is -0.391 e. The summed E-state index contributed by atoms with van der Waals surface area (Å²) in [7, 11) is 1.57. The zero-order chi connectivity index (χ0) is 29.9. The number of aliphatic hydroxyl groups is 1. The van der Waals surface area contributed by atoms with Gasteiger partial charge in [-0.2, -0.15) is 0 Å². The van der Waals surface area contributed by atoms with E-state index in [1.54, 1.807) is 72.6 Å². The van der Waals surface area contributed by atoms with Gasteiger partial charge in [0.1, 0.15) is 6.29 Å². The molecule has 1 aliphatic carbocycles. The van der Waals surface area contributed by atoms with Crippen molar-refractivity contribution in [2.45, 2.75) is 55.9 Å². The van der Waals surface area contributed by atoms with Crippen LogP contribution < -0.4 is 10.8 Å². The minimum absolute atomic E-state index is 0.00112. The van der Waals surface area contributed by atoms with Crippen molar-refractivity contribution in [3.8, 4) is 0 Å². The molecule has 3 N–H and O–H groups in total. The number of amides is 2. The minimum atomic E-state index is -1.33. The smallest absolute Gasteiger partial charge is 0.255 e. The van der Waals surface area contributed by atoms with Crippen LogP contribution in [0.5, 0.6) is 0 Å². The number of hydrogen-bond acceptors (Lipinski definition) is 6. The fraction of sp³-hybridized carbons (Fsp3) is 0.344. The number of benzene rings is 3. The number of rotatable bonds is 9. The van der Waals surface area contributed by atoms with Crippen molar-refractivity contribution in [3.63, 3.8) is 0 Å². The molecule has 1 fully saturated rings. The molecular formula is C32H33Cl2N3O5. The lowest BCUT2D eigenvalue weighted by Crippen LogP contribution is -2.61. The molecule has 2 aliphatic rings. The number of hydrogen-bond donors (Lipinski definition) is 3. The molecule has 8 nitrogen and oxygen atoms in total. The van der Waals surface area contributed by atoms with E-state index in [1.165, 1.54) is 0 Å². The second-order valence-electron chi connectivity index (χ2n) is 10.8. The number of fused-ring (bicyclic) bond motifs is 1. The van der Waals surface area contributed by atoms with E-state index < -0.39 is 23.6 Å². The van der Waals surface area contributed by atoms with Gasteiger partial charge in [0, 0.05) is 34.8 Å². The molecule has 1 aliphatic heterocycles. The van der Waals surface area contributed by atoms with Crippen LogP contribution in [0.2, 0.25) is 10.0 Å². The van der Waals surface area contributed by atoms with Gasteiger partial charge in [0.05, 0.1) is 30.2 Å². The Morgan fingerprint density at radius 3 is 2.62 bits per heavy atom. The van der Waals surface area contributed by atoms with Crippen LogP contribution in [-0.2, 0) is 21.7 Å². The third-order valence-electron chi connectivity index (χ3n) is 8.30. The zero-order valence-electron chi connectivity index (χ0n) is 23.2. The first-order valence-corrected chi connectivity index (χ1v) is 14.7. The highest BCUT2D eigenvalue weighted by Gasteiger charge is 2.55. The normalized spacial score (nSPS) is 23.8. The molecule has 0 bridgehead atoms. The predicted octanol–water partition coefficient (Wildman–Crippen LogP) is 5.01. The van der Waals surface area contributed by atoms with Gasteiger partial charge in [-0.1, -0.05) is 72.4 Å². The fourth-order valence-electron chi connectivity index (χ4n) is 6.25. The van der Waals surface area contributed by atoms with Crippen molar-refractivity contribution < 1.29 is 24.3 Å².